The molecule has 1 aromatic carbocycles. The molecule has 0 unspecified atom stereocenters. The van der Waals surface area contributed by atoms with Gasteiger partial charge in [-0.15, -0.1) is 0 Å². The smallest absolute Gasteiger partial charge is 0.224 e. The highest BCUT2D eigenvalue weighted by atomic mass is 16.5. The SMILES string of the molecule is COc1ccccc1CC(=O)N[C@H](C)[C@H]1C[C@@H]2CC[C@@H]1C2. The summed E-state index contributed by atoms with van der Waals surface area (Å²) in [5.74, 6) is 3.35. The first kappa shape index (κ1) is 14.4. The van der Waals surface area contributed by atoms with Gasteiger partial charge in [-0.3, -0.25) is 4.79 Å². The van der Waals surface area contributed by atoms with Gasteiger partial charge in [0, 0.05) is 11.6 Å². The first-order valence-corrected chi connectivity index (χ1v) is 8.08. The molecule has 21 heavy (non-hydrogen) atoms. The van der Waals surface area contributed by atoms with Crippen molar-refractivity contribution in [3.8, 4) is 5.75 Å². The largest absolute Gasteiger partial charge is 0.496 e. The van der Waals surface area contributed by atoms with Crippen molar-refractivity contribution in [2.24, 2.45) is 17.8 Å². The second-order valence-electron chi connectivity index (χ2n) is 6.68. The lowest BCUT2D eigenvalue weighted by atomic mass is 9.84. The van der Waals surface area contributed by atoms with E-state index in [0.717, 1.165) is 23.1 Å². The van der Waals surface area contributed by atoms with E-state index in [1.807, 2.05) is 24.3 Å². The fourth-order valence-corrected chi connectivity index (χ4v) is 4.34. The maximum atomic E-state index is 12.3. The van der Waals surface area contributed by atoms with Gasteiger partial charge in [-0.25, -0.2) is 0 Å². The molecule has 0 aliphatic heterocycles. The second kappa shape index (κ2) is 6.08. The van der Waals surface area contributed by atoms with Crippen molar-refractivity contribution >= 4 is 5.91 Å². The van der Waals surface area contributed by atoms with Crippen LogP contribution in [0.15, 0.2) is 24.3 Å². The summed E-state index contributed by atoms with van der Waals surface area (Å²) < 4.78 is 5.31. The lowest BCUT2D eigenvalue weighted by Gasteiger charge is -2.28. The van der Waals surface area contributed by atoms with E-state index in [1.54, 1.807) is 7.11 Å². The topological polar surface area (TPSA) is 38.3 Å². The Labute approximate surface area is 127 Å². The molecule has 1 N–H and O–H groups in total. The molecule has 3 heteroatoms. The van der Waals surface area contributed by atoms with Gasteiger partial charge in [0.05, 0.1) is 13.5 Å². The van der Waals surface area contributed by atoms with Gasteiger partial charge in [0.25, 0.3) is 0 Å². The molecule has 2 aliphatic carbocycles. The second-order valence-corrected chi connectivity index (χ2v) is 6.68. The predicted molar refractivity (Wildman–Crippen MR) is 83.2 cm³/mol. The number of methoxy groups -OCH3 is 1. The molecule has 2 saturated carbocycles. The lowest BCUT2D eigenvalue weighted by molar-refractivity contribution is -0.121. The number of carbonyl (C=O) groups is 1. The van der Waals surface area contributed by atoms with Crippen LogP contribution in [-0.4, -0.2) is 19.1 Å². The number of hydrogen-bond donors (Lipinski definition) is 1. The maximum Gasteiger partial charge on any atom is 0.224 e. The van der Waals surface area contributed by atoms with Crippen LogP contribution in [0.4, 0.5) is 0 Å². The van der Waals surface area contributed by atoms with Crippen LogP contribution in [0.5, 0.6) is 5.75 Å². The van der Waals surface area contributed by atoms with Crippen LogP contribution in [0.3, 0.4) is 0 Å². The van der Waals surface area contributed by atoms with Crippen molar-refractivity contribution < 1.29 is 9.53 Å². The number of para-hydroxylation sites is 1. The van der Waals surface area contributed by atoms with Crippen molar-refractivity contribution in [3.05, 3.63) is 29.8 Å². The normalized spacial score (nSPS) is 28.4. The summed E-state index contributed by atoms with van der Waals surface area (Å²) in [6.45, 7) is 2.17. The van der Waals surface area contributed by atoms with Crippen LogP contribution in [0, 0.1) is 17.8 Å². The van der Waals surface area contributed by atoms with Crippen LogP contribution >= 0.6 is 0 Å². The Morgan fingerprint density at radius 2 is 2.14 bits per heavy atom. The Kier molecular flexibility index (Phi) is 4.18. The van der Waals surface area contributed by atoms with Gasteiger partial charge >= 0.3 is 0 Å². The quantitative estimate of drug-likeness (QED) is 0.903. The molecule has 114 valence electrons. The molecule has 0 aromatic heterocycles. The number of benzene rings is 1. The number of nitrogens with one attached hydrogen (secondary N) is 1. The number of ether oxygens (including phenoxy) is 1. The molecule has 0 spiro atoms. The Balaban J connectivity index is 1.56. The Morgan fingerprint density at radius 1 is 1.33 bits per heavy atom. The Hall–Kier alpha value is -1.51. The van der Waals surface area contributed by atoms with E-state index < -0.39 is 0 Å². The zero-order valence-corrected chi connectivity index (χ0v) is 13.0. The minimum absolute atomic E-state index is 0.106. The summed E-state index contributed by atoms with van der Waals surface area (Å²) in [5, 5.41) is 3.21. The highest BCUT2D eigenvalue weighted by Crippen LogP contribution is 2.49. The molecule has 2 aliphatic rings. The van der Waals surface area contributed by atoms with E-state index in [9.17, 15) is 4.79 Å². The van der Waals surface area contributed by atoms with E-state index in [0.29, 0.717) is 18.4 Å². The number of hydrogen-bond acceptors (Lipinski definition) is 2. The van der Waals surface area contributed by atoms with E-state index in [1.165, 1.54) is 25.7 Å². The van der Waals surface area contributed by atoms with E-state index in [4.69, 9.17) is 4.74 Å². The molecule has 2 bridgehead atoms. The summed E-state index contributed by atoms with van der Waals surface area (Å²) >= 11 is 0. The standard InChI is InChI=1S/C18H25NO2/c1-12(16-10-13-7-8-14(16)9-13)19-18(20)11-15-5-3-4-6-17(15)21-2/h3-6,12-14,16H,7-11H2,1-2H3,(H,19,20)/t12-,13-,14-,16-/m1/s1. The summed E-state index contributed by atoms with van der Waals surface area (Å²) in [5.41, 5.74) is 0.956. The molecular weight excluding hydrogens is 262 g/mol. The minimum atomic E-state index is 0.106. The average molecular weight is 287 g/mol. The number of rotatable bonds is 5. The van der Waals surface area contributed by atoms with Crippen LogP contribution in [0.2, 0.25) is 0 Å². The summed E-state index contributed by atoms with van der Waals surface area (Å²) in [6, 6.07) is 8.04. The summed E-state index contributed by atoms with van der Waals surface area (Å²) in [6.07, 6.45) is 5.86. The van der Waals surface area contributed by atoms with Crippen LogP contribution in [0.25, 0.3) is 0 Å². The summed E-state index contributed by atoms with van der Waals surface area (Å²) in [4.78, 5) is 12.3. The number of amides is 1. The van der Waals surface area contributed by atoms with Gasteiger partial charge < -0.3 is 10.1 Å². The molecule has 1 aromatic rings. The minimum Gasteiger partial charge on any atom is -0.496 e. The molecule has 2 fully saturated rings. The third kappa shape index (κ3) is 3.07. The highest BCUT2D eigenvalue weighted by Gasteiger charge is 2.42. The van der Waals surface area contributed by atoms with Gasteiger partial charge in [-0.2, -0.15) is 0 Å². The third-order valence-electron chi connectivity index (χ3n) is 5.37. The van der Waals surface area contributed by atoms with E-state index >= 15 is 0 Å². The zero-order chi connectivity index (χ0) is 14.8. The molecular formula is C18H25NO2. The monoisotopic (exact) mass is 287 g/mol. The molecule has 0 saturated heterocycles. The van der Waals surface area contributed by atoms with Crippen molar-refractivity contribution in [2.45, 2.75) is 45.1 Å². The van der Waals surface area contributed by atoms with Crippen molar-refractivity contribution in [1.82, 2.24) is 5.32 Å². The molecule has 3 rings (SSSR count). The first-order valence-electron chi connectivity index (χ1n) is 8.08. The average Bonchev–Trinajstić information content (AvgIpc) is 3.10. The Bertz CT molecular complexity index is 514. The van der Waals surface area contributed by atoms with Crippen LogP contribution in [0.1, 0.15) is 38.2 Å². The van der Waals surface area contributed by atoms with Crippen LogP contribution < -0.4 is 10.1 Å². The molecule has 0 radical (unpaired) electrons. The van der Waals surface area contributed by atoms with E-state index in [2.05, 4.69) is 12.2 Å². The fourth-order valence-electron chi connectivity index (χ4n) is 4.34. The van der Waals surface area contributed by atoms with Gasteiger partial charge in [0.1, 0.15) is 5.75 Å². The molecule has 3 nitrogen and oxygen atoms in total. The highest BCUT2D eigenvalue weighted by molar-refractivity contribution is 5.79. The number of carbonyl (C=O) groups excluding carboxylic acids is 1. The van der Waals surface area contributed by atoms with Gasteiger partial charge in [0.15, 0.2) is 0 Å². The lowest BCUT2D eigenvalue weighted by Crippen LogP contribution is -2.40. The fraction of sp³-hybridized carbons (Fsp3) is 0.611. The molecule has 4 atom stereocenters. The third-order valence-corrected chi connectivity index (χ3v) is 5.37. The molecule has 1 amide bonds. The van der Waals surface area contributed by atoms with Crippen molar-refractivity contribution in [2.75, 3.05) is 7.11 Å². The first-order chi connectivity index (χ1) is 10.2. The maximum absolute atomic E-state index is 12.3. The van der Waals surface area contributed by atoms with Crippen molar-refractivity contribution in [3.63, 3.8) is 0 Å². The van der Waals surface area contributed by atoms with Gasteiger partial charge in [0.2, 0.25) is 5.91 Å². The van der Waals surface area contributed by atoms with Gasteiger partial charge in [-0.1, -0.05) is 24.6 Å². The molecule has 0 heterocycles. The Morgan fingerprint density at radius 3 is 2.81 bits per heavy atom. The predicted octanol–water partition coefficient (Wildman–Crippen LogP) is 3.18. The number of fused-ring (bicyclic) bond motifs is 2. The van der Waals surface area contributed by atoms with Crippen LogP contribution in [-0.2, 0) is 11.2 Å². The zero-order valence-electron chi connectivity index (χ0n) is 13.0. The summed E-state index contributed by atoms with van der Waals surface area (Å²) in [7, 11) is 1.65. The van der Waals surface area contributed by atoms with Gasteiger partial charge in [-0.05, 0) is 50.0 Å². The van der Waals surface area contributed by atoms with Crippen molar-refractivity contribution in [1.29, 1.82) is 0 Å². The van der Waals surface area contributed by atoms with E-state index in [-0.39, 0.29) is 5.91 Å².